The first kappa shape index (κ1) is 32.7. The smallest absolute Gasteiger partial charge is 0.435 e. The molecule has 15 nitrogen and oxygen atoms in total. The molecule has 0 unspecified atom stereocenters. The number of carbonyl (C=O) groups excluding carboxylic acids is 2. The van der Waals surface area contributed by atoms with Gasteiger partial charge < -0.3 is 34.3 Å². The van der Waals surface area contributed by atoms with Crippen molar-refractivity contribution in [3.8, 4) is 11.5 Å². The molecule has 4 aliphatic rings. The number of anilines is 4. The molecule has 51 heavy (non-hydrogen) atoms. The van der Waals surface area contributed by atoms with Crippen LogP contribution in [0.25, 0.3) is 10.9 Å². The van der Waals surface area contributed by atoms with Gasteiger partial charge in [-0.1, -0.05) is 6.07 Å². The molecule has 2 saturated carbocycles. The monoisotopic (exact) mass is 697 g/mol. The maximum absolute atomic E-state index is 13.8. The summed E-state index contributed by atoms with van der Waals surface area (Å²) >= 11 is 0. The number of amides is 2. The zero-order valence-corrected chi connectivity index (χ0v) is 29.1. The predicted molar refractivity (Wildman–Crippen MR) is 186 cm³/mol. The first-order chi connectivity index (χ1) is 24.4. The SMILES string of the molecule is COc1ccc2c(c1)[C@]1(C[C@H]1c1ccc3c(Nc4nc(C5CC5)nc(N5CCOCC5)c4OC)nn(C(=O)OC(C)(C)C)c3c1)C(=O)N2C(=O)O. The predicted octanol–water partition coefficient (Wildman–Crippen LogP) is 5.53. The molecule has 2 amide bonds. The van der Waals surface area contributed by atoms with Gasteiger partial charge in [-0.05, 0) is 81.5 Å². The molecule has 2 aliphatic carbocycles. The normalized spacial score (nSPS) is 21.2. The second kappa shape index (κ2) is 11.8. The van der Waals surface area contributed by atoms with E-state index in [9.17, 15) is 19.5 Å². The molecule has 2 aliphatic heterocycles. The third-order valence-electron chi connectivity index (χ3n) is 9.90. The van der Waals surface area contributed by atoms with Crippen LogP contribution in [0.1, 0.15) is 68.8 Å². The van der Waals surface area contributed by atoms with Crippen LogP contribution in [0.4, 0.5) is 32.7 Å². The van der Waals surface area contributed by atoms with E-state index >= 15 is 0 Å². The van der Waals surface area contributed by atoms with Crippen molar-refractivity contribution in [2.45, 2.75) is 62.9 Å². The lowest BCUT2D eigenvalue weighted by molar-refractivity contribution is -0.119. The Kier molecular flexibility index (Phi) is 7.59. The van der Waals surface area contributed by atoms with Crippen LogP contribution in [0.2, 0.25) is 0 Å². The van der Waals surface area contributed by atoms with Crippen molar-refractivity contribution >= 4 is 52.1 Å². The number of hydrogen-bond acceptors (Lipinski definition) is 12. The van der Waals surface area contributed by atoms with E-state index in [1.165, 1.54) is 11.8 Å². The third-order valence-corrected chi connectivity index (χ3v) is 9.90. The Bertz CT molecular complexity index is 2100. The van der Waals surface area contributed by atoms with Crippen molar-refractivity contribution in [3.05, 3.63) is 53.3 Å². The number of hydrogen-bond donors (Lipinski definition) is 2. The summed E-state index contributed by atoms with van der Waals surface area (Å²) < 4.78 is 23.9. The maximum atomic E-state index is 13.8. The van der Waals surface area contributed by atoms with Crippen LogP contribution in [0.15, 0.2) is 36.4 Å². The molecular formula is C36H39N7O8. The Morgan fingerprint density at radius 2 is 1.78 bits per heavy atom. The highest BCUT2D eigenvalue weighted by atomic mass is 16.6. The third kappa shape index (κ3) is 5.46. The van der Waals surface area contributed by atoms with Crippen molar-refractivity contribution in [2.75, 3.05) is 55.6 Å². The lowest BCUT2D eigenvalue weighted by Gasteiger charge is -2.29. The summed E-state index contributed by atoms with van der Waals surface area (Å²) in [6, 6.07) is 10.5. The standard InChI is InChI=1S/C36H39N7O8/c1-35(2,3)51-34(47)43-26-16-20(24-18-36(24)23-17-21(48-4)9-11-25(23)42(32(36)44)33(45)46)8-10-22(26)29(40-43)38-30-27(49-5)31(41-12-14-50-15-13-41)39-28(37-30)19-6-7-19/h8-11,16-17,19,24H,6-7,12-15,18H2,1-5H3,(H,45,46)(H,37,38,39,40)/t24-,36-/m0/s1. The number of methoxy groups -OCH3 is 2. The van der Waals surface area contributed by atoms with Crippen LogP contribution >= 0.6 is 0 Å². The van der Waals surface area contributed by atoms with E-state index in [4.69, 9.17) is 34.0 Å². The minimum atomic E-state index is -1.34. The van der Waals surface area contributed by atoms with E-state index in [0.717, 1.165) is 23.3 Å². The number of ether oxygens (including phenoxy) is 4. The van der Waals surface area contributed by atoms with Gasteiger partial charge in [0.2, 0.25) is 11.7 Å². The van der Waals surface area contributed by atoms with Gasteiger partial charge in [0.1, 0.15) is 17.2 Å². The van der Waals surface area contributed by atoms with Crippen LogP contribution in [-0.4, -0.2) is 89.1 Å². The summed E-state index contributed by atoms with van der Waals surface area (Å²) in [5, 5.41) is 18.7. The molecule has 0 radical (unpaired) electrons. The number of nitrogens with zero attached hydrogens (tertiary/aromatic N) is 6. The molecule has 3 fully saturated rings. The number of fused-ring (bicyclic) bond motifs is 3. The molecule has 266 valence electrons. The van der Waals surface area contributed by atoms with Crippen molar-refractivity contribution in [2.24, 2.45) is 0 Å². The molecule has 2 atom stereocenters. The van der Waals surface area contributed by atoms with Crippen LogP contribution in [-0.2, 0) is 19.7 Å². The second-order valence-corrected chi connectivity index (χ2v) is 14.3. The Morgan fingerprint density at radius 3 is 2.45 bits per heavy atom. The largest absolute Gasteiger partial charge is 0.497 e. The van der Waals surface area contributed by atoms with Crippen molar-refractivity contribution in [1.29, 1.82) is 0 Å². The number of imide groups is 1. The number of carboxylic acid groups (broad SMARTS) is 1. The number of nitrogens with one attached hydrogen (secondary N) is 1. The van der Waals surface area contributed by atoms with Crippen LogP contribution < -0.4 is 24.6 Å². The number of aromatic nitrogens is 4. The quantitative estimate of drug-likeness (QED) is 0.247. The van der Waals surface area contributed by atoms with Crippen LogP contribution in [0.5, 0.6) is 11.5 Å². The van der Waals surface area contributed by atoms with E-state index in [1.54, 1.807) is 46.1 Å². The van der Waals surface area contributed by atoms with Gasteiger partial charge in [0.05, 0.1) is 44.1 Å². The summed E-state index contributed by atoms with van der Waals surface area (Å²) in [6.07, 6.45) is 0.360. The Labute approximate surface area is 293 Å². The summed E-state index contributed by atoms with van der Waals surface area (Å²) in [5.74, 6) is 2.52. The average Bonchev–Trinajstić information content (AvgIpc) is 4.03. The van der Waals surface area contributed by atoms with Crippen LogP contribution in [0.3, 0.4) is 0 Å². The topological polar surface area (TPSA) is 170 Å². The van der Waals surface area contributed by atoms with E-state index in [2.05, 4.69) is 10.2 Å². The van der Waals surface area contributed by atoms with Gasteiger partial charge in [0.15, 0.2) is 17.5 Å². The first-order valence-electron chi connectivity index (χ1n) is 17.0. The van der Waals surface area contributed by atoms with Gasteiger partial charge in [0, 0.05) is 30.3 Å². The number of rotatable bonds is 7. The molecule has 8 rings (SSSR count). The molecule has 15 heteroatoms. The highest BCUT2D eigenvalue weighted by Crippen LogP contribution is 2.67. The zero-order chi connectivity index (χ0) is 35.8. The Balaban J connectivity index is 1.22. The van der Waals surface area contributed by atoms with Gasteiger partial charge in [-0.3, -0.25) is 4.79 Å². The number of morpholine rings is 1. The summed E-state index contributed by atoms with van der Waals surface area (Å²) in [6.45, 7) is 7.79. The molecule has 2 aromatic carbocycles. The molecule has 1 spiro atoms. The first-order valence-corrected chi connectivity index (χ1v) is 17.0. The molecule has 2 aromatic heterocycles. The molecular weight excluding hydrogens is 658 g/mol. The minimum Gasteiger partial charge on any atom is -0.497 e. The van der Waals surface area contributed by atoms with Gasteiger partial charge in [-0.25, -0.2) is 24.5 Å². The van der Waals surface area contributed by atoms with Gasteiger partial charge in [0.25, 0.3) is 0 Å². The molecule has 0 bridgehead atoms. The lowest BCUT2D eigenvalue weighted by atomic mass is 9.91. The molecule has 4 aromatic rings. The number of benzene rings is 2. The van der Waals surface area contributed by atoms with Crippen LogP contribution in [0, 0.1) is 0 Å². The summed E-state index contributed by atoms with van der Waals surface area (Å²) in [4.78, 5) is 52.5. The van der Waals surface area contributed by atoms with Gasteiger partial charge in [-0.15, -0.1) is 5.10 Å². The van der Waals surface area contributed by atoms with Crippen molar-refractivity contribution < 1.29 is 38.4 Å². The zero-order valence-electron chi connectivity index (χ0n) is 29.1. The van der Waals surface area contributed by atoms with Crippen molar-refractivity contribution in [1.82, 2.24) is 19.7 Å². The average molecular weight is 698 g/mol. The van der Waals surface area contributed by atoms with E-state index in [-0.39, 0.29) is 11.8 Å². The van der Waals surface area contributed by atoms with E-state index < -0.39 is 29.1 Å². The Hall–Kier alpha value is -5.44. The maximum Gasteiger partial charge on any atom is 0.435 e. The molecule has 4 heterocycles. The van der Waals surface area contributed by atoms with E-state index in [1.807, 2.05) is 18.2 Å². The fourth-order valence-electron chi connectivity index (χ4n) is 7.25. The van der Waals surface area contributed by atoms with Gasteiger partial charge >= 0.3 is 12.2 Å². The fourth-order valence-corrected chi connectivity index (χ4v) is 7.25. The Morgan fingerprint density at radius 1 is 1.02 bits per heavy atom. The van der Waals surface area contributed by atoms with Crippen molar-refractivity contribution in [3.63, 3.8) is 0 Å². The van der Waals surface area contributed by atoms with E-state index in [0.29, 0.717) is 89.7 Å². The summed E-state index contributed by atoms with van der Waals surface area (Å²) in [5.41, 5.74) is 0.225. The molecule has 1 saturated heterocycles. The highest BCUT2D eigenvalue weighted by molar-refractivity contribution is 6.22. The fraction of sp³-hybridized carbons (Fsp3) is 0.444. The molecule has 2 N–H and O–H groups in total. The van der Waals surface area contributed by atoms with Gasteiger partial charge in [-0.2, -0.15) is 4.68 Å². The second-order valence-electron chi connectivity index (χ2n) is 14.3. The highest BCUT2D eigenvalue weighted by Gasteiger charge is 2.68. The number of carbonyl (C=O) groups is 3. The minimum absolute atomic E-state index is 0.251. The summed E-state index contributed by atoms with van der Waals surface area (Å²) in [7, 11) is 3.10. The lowest BCUT2D eigenvalue weighted by Crippen LogP contribution is -2.37.